The fourth-order valence-electron chi connectivity index (χ4n) is 2.03. The average Bonchev–Trinajstić information content (AvgIpc) is 3.04. The van der Waals surface area contributed by atoms with E-state index < -0.39 is 0 Å². The second-order valence-corrected chi connectivity index (χ2v) is 5.38. The van der Waals surface area contributed by atoms with E-state index in [1.165, 1.54) is 6.26 Å². The number of nitrogens with zero attached hydrogens (tertiary/aromatic N) is 2. The lowest BCUT2D eigenvalue weighted by Crippen LogP contribution is -2.22. The second-order valence-electron chi connectivity index (χ2n) is 4.46. The van der Waals surface area contributed by atoms with E-state index in [0.29, 0.717) is 12.3 Å². The maximum absolute atomic E-state index is 11.8. The molecule has 5 nitrogen and oxygen atoms in total. The van der Waals surface area contributed by atoms with Gasteiger partial charge in [-0.3, -0.25) is 4.79 Å². The Morgan fingerprint density at radius 2 is 2.35 bits per heavy atom. The van der Waals surface area contributed by atoms with Crippen molar-refractivity contribution in [2.45, 2.75) is 13.5 Å². The van der Waals surface area contributed by atoms with Gasteiger partial charge in [0.2, 0.25) is 0 Å². The van der Waals surface area contributed by atoms with E-state index in [-0.39, 0.29) is 5.91 Å². The van der Waals surface area contributed by atoms with Crippen molar-refractivity contribution in [1.29, 1.82) is 0 Å². The Morgan fingerprint density at radius 3 is 3.10 bits per heavy atom. The fraction of sp³-hybridized carbons (Fsp3) is 0.143. The van der Waals surface area contributed by atoms with Crippen LogP contribution in [0.15, 0.2) is 45.7 Å². The van der Waals surface area contributed by atoms with Crippen molar-refractivity contribution in [2.75, 3.05) is 0 Å². The number of halogens is 1. The molecule has 0 atom stereocenters. The standard InChI is InChI=1S/C14H12BrN3O2/c1-9-5-10(15)7-18-8-11(17-13(9)18)6-16-14(19)12-3-2-4-20-12/h2-5,7-8H,6H2,1H3,(H,16,19). The van der Waals surface area contributed by atoms with Crippen LogP contribution in [-0.2, 0) is 6.54 Å². The molecule has 3 aromatic rings. The van der Waals surface area contributed by atoms with Gasteiger partial charge in [-0.1, -0.05) is 0 Å². The monoisotopic (exact) mass is 333 g/mol. The first-order valence-electron chi connectivity index (χ1n) is 6.09. The topological polar surface area (TPSA) is 59.5 Å². The van der Waals surface area contributed by atoms with Crippen LogP contribution in [0.25, 0.3) is 5.65 Å². The molecule has 0 spiro atoms. The van der Waals surface area contributed by atoms with Crippen LogP contribution in [0.2, 0.25) is 0 Å². The molecule has 0 unspecified atom stereocenters. The molecule has 3 heterocycles. The molecule has 3 rings (SSSR count). The third-order valence-electron chi connectivity index (χ3n) is 2.93. The summed E-state index contributed by atoms with van der Waals surface area (Å²) in [5.41, 5.74) is 2.75. The minimum atomic E-state index is -0.245. The van der Waals surface area contributed by atoms with Crippen molar-refractivity contribution in [2.24, 2.45) is 0 Å². The van der Waals surface area contributed by atoms with Crippen LogP contribution in [0.5, 0.6) is 0 Å². The molecule has 1 amide bonds. The van der Waals surface area contributed by atoms with Crippen molar-refractivity contribution in [1.82, 2.24) is 14.7 Å². The van der Waals surface area contributed by atoms with E-state index in [1.807, 2.05) is 29.8 Å². The molecule has 1 N–H and O–H groups in total. The van der Waals surface area contributed by atoms with Crippen molar-refractivity contribution < 1.29 is 9.21 Å². The van der Waals surface area contributed by atoms with E-state index in [1.54, 1.807) is 12.1 Å². The highest BCUT2D eigenvalue weighted by molar-refractivity contribution is 9.10. The summed E-state index contributed by atoms with van der Waals surface area (Å²) in [6.07, 6.45) is 5.31. The highest BCUT2D eigenvalue weighted by Gasteiger charge is 2.10. The highest BCUT2D eigenvalue weighted by Crippen LogP contribution is 2.17. The van der Waals surface area contributed by atoms with Gasteiger partial charge in [-0.25, -0.2) is 4.98 Å². The van der Waals surface area contributed by atoms with Gasteiger partial charge in [-0.05, 0) is 46.6 Å². The SMILES string of the molecule is Cc1cc(Br)cn2cc(CNC(=O)c3ccco3)nc12. The first kappa shape index (κ1) is 12.9. The molecule has 0 fully saturated rings. The zero-order chi connectivity index (χ0) is 14.1. The predicted molar refractivity (Wildman–Crippen MR) is 77.5 cm³/mol. The maximum atomic E-state index is 11.8. The van der Waals surface area contributed by atoms with Crippen LogP contribution in [-0.4, -0.2) is 15.3 Å². The molecule has 0 aromatic carbocycles. The van der Waals surface area contributed by atoms with Gasteiger partial charge in [-0.15, -0.1) is 0 Å². The molecular formula is C14H12BrN3O2. The van der Waals surface area contributed by atoms with Gasteiger partial charge in [0.1, 0.15) is 5.65 Å². The molecule has 6 heteroatoms. The molecule has 0 saturated carbocycles. The number of aromatic nitrogens is 2. The summed E-state index contributed by atoms with van der Waals surface area (Å²) < 4.78 is 7.96. The van der Waals surface area contributed by atoms with Crippen LogP contribution in [0.1, 0.15) is 21.8 Å². The number of furan rings is 1. The summed E-state index contributed by atoms with van der Waals surface area (Å²) in [6, 6.07) is 5.31. The lowest BCUT2D eigenvalue weighted by Gasteiger charge is -1.99. The number of hydrogen-bond donors (Lipinski definition) is 1. The number of aryl methyl sites for hydroxylation is 1. The van der Waals surface area contributed by atoms with E-state index >= 15 is 0 Å². The van der Waals surface area contributed by atoms with Gasteiger partial charge < -0.3 is 14.1 Å². The Kier molecular flexibility index (Phi) is 3.31. The third-order valence-corrected chi connectivity index (χ3v) is 3.36. The minimum absolute atomic E-state index is 0.245. The summed E-state index contributed by atoms with van der Waals surface area (Å²) in [5.74, 6) is 0.0534. The summed E-state index contributed by atoms with van der Waals surface area (Å²) in [7, 11) is 0. The number of rotatable bonds is 3. The zero-order valence-electron chi connectivity index (χ0n) is 10.8. The molecule has 0 radical (unpaired) electrons. The Balaban J connectivity index is 1.78. The molecule has 3 aromatic heterocycles. The quantitative estimate of drug-likeness (QED) is 0.801. The second kappa shape index (κ2) is 5.13. The summed E-state index contributed by atoms with van der Waals surface area (Å²) in [5, 5.41) is 2.78. The first-order chi connectivity index (χ1) is 9.63. The molecule has 0 aliphatic carbocycles. The Labute approximate surface area is 123 Å². The molecule has 0 saturated heterocycles. The van der Waals surface area contributed by atoms with Gasteiger partial charge in [0.25, 0.3) is 5.91 Å². The summed E-state index contributed by atoms with van der Waals surface area (Å²) in [6.45, 7) is 2.36. The minimum Gasteiger partial charge on any atom is -0.459 e. The van der Waals surface area contributed by atoms with Crippen molar-refractivity contribution in [3.63, 3.8) is 0 Å². The first-order valence-corrected chi connectivity index (χ1v) is 6.88. The molecule has 0 aliphatic rings. The smallest absolute Gasteiger partial charge is 0.287 e. The lowest BCUT2D eigenvalue weighted by molar-refractivity contribution is 0.0922. The van der Waals surface area contributed by atoms with Crippen molar-refractivity contribution in [3.8, 4) is 0 Å². The van der Waals surface area contributed by atoms with Crippen molar-refractivity contribution >= 4 is 27.5 Å². The fourth-order valence-corrected chi connectivity index (χ4v) is 2.59. The Hall–Kier alpha value is -2.08. The van der Waals surface area contributed by atoms with Gasteiger partial charge in [0.05, 0.1) is 18.5 Å². The van der Waals surface area contributed by atoms with Crippen molar-refractivity contribution in [3.05, 3.63) is 58.3 Å². The molecular weight excluding hydrogens is 322 g/mol. The molecule has 102 valence electrons. The largest absolute Gasteiger partial charge is 0.459 e. The maximum Gasteiger partial charge on any atom is 0.287 e. The van der Waals surface area contributed by atoms with Gasteiger partial charge in [-0.2, -0.15) is 0 Å². The number of fused-ring (bicyclic) bond motifs is 1. The number of carbonyl (C=O) groups is 1. The third kappa shape index (κ3) is 2.46. The van der Waals surface area contributed by atoms with E-state index in [2.05, 4.69) is 26.2 Å². The van der Waals surface area contributed by atoms with Crippen LogP contribution in [0.4, 0.5) is 0 Å². The average molecular weight is 334 g/mol. The molecule has 0 bridgehead atoms. The molecule has 20 heavy (non-hydrogen) atoms. The Morgan fingerprint density at radius 1 is 1.50 bits per heavy atom. The van der Waals surface area contributed by atoms with Crippen LogP contribution < -0.4 is 5.32 Å². The number of hydrogen-bond acceptors (Lipinski definition) is 3. The van der Waals surface area contributed by atoms with Gasteiger partial charge in [0.15, 0.2) is 5.76 Å². The van der Waals surface area contributed by atoms with Gasteiger partial charge >= 0.3 is 0 Å². The number of amides is 1. The van der Waals surface area contributed by atoms with Crippen LogP contribution >= 0.6 is 15.9 Å². The highest BCUT2D eigenvalue weighted by atomic mass is 79.9. The van der Waals surface area contributed by atoms with Crippen LogP contribution in [0, 0.1) is 6.92 Å². The van der Waals surface area contributed by atoms with E-state index in [9.17, 15) is 4.79 Å². The lowest BCUT2D eigenvalue weighted by atomic mass is 10.3. The Bertz CT molecular complexity index is 762. The summed E-state index contributed by atoms with van der Waals surface area (Å²) >= 11 is 3.45. The van der Waals surface area contributed by atoms with E-state index in [4.69, 9.17) is 4.42 Å². The van der Waals surface area contributed by atoms with Crippen LogP contribution in [0.3, 0.4) is 0 Å². The van der Waals surface area contributed by atoms with E-state index in [0.717, 1.165) is 21.4 Å². The predicted octanol–water partition coefficient (Wildman–Crippen LogP) is 2.93. The van der Waals surface area contributed by atoms with Gasteiger partial charge in [0, 0.05) is 16.9 Å². The number of imidazole rings is 1. The number of nitrogens with one attached hydrogen (secondary N) is 1. The number of carbonyl (C=O) groups excluding carboxylic acids is 1. The summed E-state index contributed by atoms with van der Waals surface area (Å²) in [4.78, 5) is 16.3. The zero-order valence-corrected chi connectivity index (χ0v) is 12.3. The number of pyridine rings is 1. The normalized spacial score (nSPS) is 10.9. The molecule has 0 aliphatic heterocycles.